The van der Waals surface area contributed by atoms with E-state index in [4.69, 9.17) is 5.73 Å². The minimum absolute atomic E-state index is 0.0657. The predicted octanol–water partition coefficient (Wildman–Crippen LogP) is 1.25. The zero-order chi connectivity index (χ0) is 15.3. The third-order valence-corrected chi connectivity index (χ3v) is 4.03. The molecule has 0 aliphatic carbocycles. The molecule has 7 heteroatoms. The standard InChI is InChI=1S/C13H25N5OS/c1-6-18(7-2)13-16-11(14)10(20-13)12(19)15-9(3)8-17(4)5/h9H,6-8,14H2,1-5H3,(H,15,19). The molecule has 6 nitrogen and oxygen atoms in total. The van der Waals surface area contributed by atoms with Crippen LogP contribution in [0.25, 0.3) is 0 Å². The van der Waals surface area contributed by atoms with Crippen molar-refractivity contribution in [2.45, 2.75) is 26.8 Å². The van der Waals surface area contributed by atoms with Crippen molar-refractivity contribution in [3.63, 3.8) is 0 Å². The van der Waals surface area contributed by atoms with E-state index in [1.807, 2.05) is 25.9 Å². The molecular formula is C13H25N5OS. The van der Waals surface area contributed by atoms with Crippen LogP contribution in [0, 0.1) is 0 Å². The summed E-state index contributed by atoms with van der Waals surface area (Å²) in [5.74, 6) is 0.166. The van der Waals surface area contributed by atoms with Crippen molar-refractivity contribution in [1.82, 2.24) is 15.2 Å². The lowest BCUT2D eigenvalue weighted by atomic mass is 10.3. The summed E-state index contributed by atoms with van der Waals surface area (Å²) >= 11 is 1.35. The Morgan fingerprint density at radius 1 is 1.40 bits per heavy atom. The Hall–Kier alpha value is -1.34. The second kappa shape index (κ2) is 7.44. The van der Waals surface area contributed by atoms with Gasteiger partial charge in [-0.05, 0) is 34.9 Å². The van der Waals surface area contributed by atoms with Crippen LogP contribution in [0.1, 0.15) is 30.4 Å². The summed E-state index contributed by atoms with van der Waals surface area (Å²) in [5, 5.41) is 3.75. The Labute approximate surface area is 125 Å². The summed E-state index contributed by atoms with van der Waals surface area (Å²) in [6, 6.07) is 0.0657. The number of aromatic nitrogens is 1. The molecule has 114 valence electrons. The maximum absolute atomic E-state index is 12.2. The van der Waals surface area contributed by atoms with Gasteiger partial charge in [0.15, 0.2) is 5.13 Å². The van der Waals surface area contributed by atoms with Crippen LogP contribution in [-0.2, 0) is 0 Å². The molecule has 1 aromatic heterocycles. The first-order valence-electron chi connectivity index (χ1n) is 6.85. The van der Waals surface area contributed by atoms with Crippen molar-refractivity contribution in [1.29, 1.82) is 0 Å². The van der Waals surface area contributed by atoms with Crippen LogP contribution < -0.4 is 16.0 Å². The molecule has 1 heterocycles. The number of nitrogens with zero attached hydrogens (tertiary/aromatic N) is 3. The van der Waals surface area contributed by atoms with Gasteiger partial charge in [0.05, 0.1) is 0 Å². The Morgan fingerprint density at radius 3 is 2.50 bits per heavy atom. The second-order valence-corrected chi connectivity index (χ2v) is 6.00. The highest BCUT2D eigenvalue weighted by Crippen LogP contribution is 2.27. The van der Waals surface area contributed by atoms with Crippen LogP contribution in [0.5, 0.6) is 0 Å². The smallest absolute Gasteiger partial charge is 0.265 e. The van der Waals surface area contributed by atoms with Crippen molar-refractivity contribution in [3.8, 4) is 0 Å². The number of anilines is 2. The Kier molecular flexibility index (Phi) is 6.22. The lowest BCUT2D eigenvalue weighted by molar-refractivity contribution is 0.0939. The minimum Gasteiger partial charge on any atom is -0.382 e. The summed E-state index contributed by atoms with van der Waals surface area (Å²) < 4.78 is 0. The number of nitrogens with one attached hydrogen (secondary N) is 1. The molecule has 0 saturated carbocycles. The van der Waals surface area contributed by atoms with Gasteiger partial charge in [0, 0.05) is 25.7 Å². The summed E-state index contributed by atoms with van der Waals surface area (Å²) in [6.45, 7) is 8.57. The Balaban J connectivity index is 2.78. The van der Waals surface area contributed by atoms with Crippen LogP contribution in [0.15, 0.2) is 0 Å². The second-order valence-electron chi connectivity index (χ2n) is 5.02. The van der Waals surface area contributed by atoms with Gasteiger partial charge in [-0.2, -0.15) is 0 Å². The van der Waals surface area contributed by atoms with Crippen molar-refractivity contribution in [2.75, 3.05) is 44.4 Å². The lowest BCUT2D eigenvalue weighted by Gasteiger charge is -2.18. The number of carbonyl (C=O) groups is 1. The molecule has 0 radical (unpaired) electrons. The molecule has 1 rings (SSSR count). The molecule has 0 aliphatic heterocycles. The molecule has 0 aliphatic rings. The maximum atomic E-state index is 12.2. The number of likely N-dealkylation sites (N-methyl/N-ethyl adjacent to an activating group) is 1. The number of rotatable bonds is 7. The summed E-state index contributed by atoms with van der Waals surface area (Å²) in [5.41, 5.74) is 5.87. The molecule has 0 aromatic carbocycles. The Bertz CT molecular complexity index is 442. The topological polar surface area (TPSA) is 74.5 Å². The first kappa shape index (κ1) is 16.7. The summed E-state index contributed by atoms with van der Waals surface area (Å²) in [7, 11) is 3.95. The average molecular weight is 299 g/mol. The van der Waals surface area contributed by atoms with Gasteiger partial charge in [-0.1, -0.05) is 11.3 Å². The van der Waals surface area contributed by atoms with Gasteiger partial charge in [-0.25, -0.2) is 4.98 Å². The van der Waals surface area contributed by atoms with Crippen LogP contribution in [0.4, 0.5) is 10.9 Å². The van der Waals surface area contributed by atoms with E-state index in [1.54, 1.807) is 0 Å². The van der Waals surface area contributed by atoms with E-state index >= 15 is 0 Å². The first-order valence-corrected chi connectivity index (χ1v) is 7.67. The highest BCUT2D eigenvalue weighted by atomic mass is 32.1. The summed E-state index contributed by atoms with van der Waals surface area (Å²) in [4.78, 5) is 21.1. The molecule has 20 heavy (non-hydrogen) atoms. The fourth-order valence-electron chi connectivity index (χ4n) is 1.99. The molecular weight excluding hydrogens is 274 g/mol. The zero-order valence-electron chi connectivity index (χ0n) is 12.9. The fourth-order valence-corrected chi connectivity index (χ4v) is 3.01. The Morgan fingerprint density at radius 2 is 2.00 bits per heavy atom. The van der Waals surface area contributed by atoms with Crippen molar-refractivity contribution < 1.29 is 4.79 Å². The van der Waals surface area contributed by atoms with Crippen molar-refractivity contribution in [2.24, 2.45) is 0 Å². The van der Waals surface area contributed by atoms with Gasteiger partial charge in [-0.3, -0.25) is 4.79 Å². The van der Waals surface area contributed by atoms with Crippen LogP contribution >= 0.6 is 11.3 Å². The normalized spacial score (nSPS) is 12.5. The van der Waals surface area contributed by atoms with Gasteiger partial charge in [0.2, 0.25) is 0 Å². The van der Waals surface area contributed by atoms with Crippen LogP contribution in [-0.4, -0.2) is 55.6 Å². The van der Waals surface area contributed by atoms with Crippen LogP contribution in [0.2, 0.25) is 0 Å². The highest BCUT2D eigenvalue weighted by Gasteiger charge is 2.19. The van der Waals surface area contributed by atoms with Gasteiger partial charge in [0.1, 0.15) is 10.7 Å². The van der Waals surface area contributed by atoms with E-state index in [0.29, 0.717) is 10.7 Å². The fraction of sp³-hybridized carbons (Fsp3) is 0.692. The van der Waals surface area contributed by atoms with E-state index in [1.165, 1.54) is 11.3 Å². The number of nitrogens with two attached hydrogens (primary N) is 1. The van der Waals surface area contributed by atoms with Gasteiger partial charge in [0.25, 0.3) is 5.91 Å². The van der Waals surface area contributed by atoms with Gasteiger partial charge < -0.3 is 20.9 Å². The SMILES string of the molecule is CCN(CC)c1nc(N)c(C(=O)NC(C)CN(C)C)s1. The van der Waals surface area contributed by atoms with Crippen molar-refractivity contribution in [3.05, 3.63) is 4.88 Å². The average Bonchev–Trinajstić information content (AvgIpc) is 2.71. The number of thiazole rings is 1. The first-order chi connectivity index (χ1) is 9.38. The molecule has 0 bridgehead atoms. The molecule has 1 unspecified atom stereocenters. The predicted molar refractivity (Wildman–Crippen MR) is 85.6 cm³/mol. The molecule has 1 aromatic rings. The minimum atomic E-state index is -0.146. The molecule has 1 atom stereocenters. The number of hydrogen-bond donors (Lipinski definition) is 2. The van der Waals surface area contributed by atoms with E-state index in [2.05, 4.69) is 29.0 Å². The quantitative estimate of drug-likeness (QED) is 0.792. The van der Waals surface area contributed by atoms with E-state index in [-0.39, 0.29) is 11.9 Å². The van der Waals surface area contributed by atoms with E-state index < -0.39 is 0 Å². The molecule has 1 amide bonds. The van der Waals surface area contributed by atoms with Gasteiger partial charge in [-0.15, -0.1) is 0 Å². The lowest BCUT2D eigenvalue weighted by Crippen LogP contribution is -2.39. The number of hydrogen-bond acceptors (Lipinski definition) is 6. The van der Waals surface area contributed by atoms with Gasteiger partial charge >= 0.3 is 0 Å². The largest absolute Gasteiger partial charge is 0.382 e. The highest BCUT2D eigenvalue weighted by molar-refractivity contribution is 7.18. The van der Waals surface area contributed by atoms with Crippen molar-refractivity contribution >= 4 is 28.2 Å². The molecule has 0 fully saturated rings. The van der Waals surface area contributed by atoms with E-state index in [0.717, 1.165) is 24.8 Å². The van der Waals surface area contributed by atoms with Crippen LogP contribution in [0.3, 0.4) is 0 Å². The third-order valence-electron chi connectivity index (χ3n) is 2.90. The number of nitrogen functional groups attached to an aromatic ring is 1. The maximum Gasteiger partial charge on any atom is 0.265 e. The van der Waals surface area contributed by atoms with E-state index in [9.17, 15) is 4.79 Å². The molecule has 0 spiro atoms. The molecule has 3 N–H and O–H groups in total. The molecule has 0 saturated heterocycles. The summed E-state index contributed by atoms with van der Waals surface area (Å²) in [6.07, 6.45) is 0. The number of carbonyl (C=O) groups excluding carboxylic acids is 1. The number of amides is 1. The third kappa shape index (κ3) is 4.35. The monoisotopic (exact) mass is 299 g/mol. The zero-order valence-corrected chi connectivity index (χ0v) is 13.8.